The summed E-state index contributed by atoms with van der Waals surface area (Å²) in [4.78, 5) is 2.24. The monoisotopic (exact) mass is 174 g/mol. The second kappa shape index (κ2) is 7.53. The third kappa shape index (κ3) is 7.98. The fourth-order valence-electron chi connectivity index (χ4n) is 1.05. The van der Waals surface area contributed by atoms with Crippen molar-refractivity contribution in [1.82, 2.24) is 4.90 Å². The molecule has 0 aromatic rings. The van der Waals surface area contributed by atoms with Crippen LogP contribution in [0.4, 0.5) is 0 Å². The maximum Gasteiger partial charge on any atom is 0.0524 e. The Balaban J connectivity index is 3.15. The molecule has 0 heterocycles. The summed E-state index contributed by atoms with van der Waals surface area (Å²) >= 11 is 0. The number of hydrogen-bond donors (Lipinski definition) is 2. The molecule has 0 aromatic carbocycles. The Kier molecular flexibility index (Phi) is 7.45. The van der Waals surface area contributed by atoms with Gasteiger partial charge in [-0.2, -0.15) is 0 Å². The highest BCUT2D eigenvalue weighted by Crippen LogP contribution is 1.95. The van der Waals surface area contributed by atoms with E-state index >= 15 is 0 Å². The van der Waals surface area contributed by atoms with Gasteiger partial charge in [-0.3, -0.25) is 0 Å². The molecule has 0 aliphatic heterocycles. The van der Waals surface area contributed by atoms with E-state index < -0.39 is 0 Å². The Hall–Kier alpha value is -0.120. The summed E-state index contributed by atoms with van der Waals surface area (Å²) in [5, 5.41) is 9.03. The zero-order valence-electron chi connectivity index (χ0n) is 8.29. The molecule has 0 saturated carbocycles. The van der Waals surface area contributed by atoms with Crippen molar-refractivity contribution in [2.45, 2.75) is 32.3 Å². The van der Waals surface area contributed by atoms with Gasteiger partial charge in [0.1, 0.15) is 0 Å². The quantitative estimate of drug-likeness (QED) is 0.550. The molecule has 74 valence electrons. The first-order valence-electron chi connectivity index (χ1n) is 4.73. The van der Waals surface area contributed by atoms with Gasteiger partial charge in [0.25, 0.3) is 0 Å². The highest BCUT2D eigenvalue weighted by atomic mass is 16.3. The molecule has 3 nitrogen and oxygen atoms in total. The number of nitrogens with zero attached hydrogens (tertiary/aromatic N) is 1. The van der Waals surface area contributed by atoms with E-state index in [2.05, 4.69) is 11.9 Å². The van der Waals surface area contributed by atoms with E-state index in [1.807, 2.05) is 6.92 Å². The first-order valence-corrected chi connectivity index (χ1v) is 4.73. The van der Waals surface area contributed by atoms with Crippen molar-refractivity contribution in [2.24, 2.45) is 5.73 Å². The molecule has 0 aromatic heterocycles. The van der Waals surface area contributed by atoms with E-state index in [-0.39, 0.29) is 6.10 Å². The van der Waals surface area contributed by atoms with Crippen LogP contribution >= 0.6 is 0 Å². The molecule has 12 heavy (non-hydrogen) atoms. The van der Waals surface area contributed by atoms with Crippen molar-refractivity contribution in [3.63, 3.8) is 0 Å². The van der Waals surface area contributed by atoms with Gasteiger partial charge in [0, 0.05) is 6.54 Å². The van der Waals surface area contributed by atoms with Gasteiger partial charge in [-0.25, -0.2) is 0 Å². The van der Waals surface area contributed by atoms with Crippen molar-refractivity contribution >= 4 is 0 Å². The molecule has 3 N–H and O–H groups in total. The fourth-order valence-corrected chi connectivity index (χ4v) is 1.05. The van der Waals surface area contributed by atoms with Crippen LogP contribution in [0.15, 0.2) is 0 Å². The molecule has 0 amide bonds. The Morgan fingerprint density at radius 2 is 2.00 bits per heavy atom. The van der Waals surface area contributed by atoms with Crippen LogP contribution in [0.2, 0.25) is 0 Å². The van der Waals surface area contributed by atoms with E-state index in [1.165, 1.54) is 0 Å². The van der Waals surface area contributed by atoms with Gasteiger partial charge in [0.05, 0.1) is 6.10 Å². The van der Waals surface area contributed by atoms with Gasteiger partial charge in [-0.15, -0.1) is 0 Å². The van der Waals surface area contributed by atoms with Crippen LogP contribution in [0.3, 0.4) is 0 Å². The lowest BCUT2D eigenvalue weighted by Crippen LogP contribution is -2.24. The number of nitrogens with two attached hydrogens (primary N) is 1. The van der Waals surface area contributed by atoms with Gasteiger partial charge in [0.2, 0.25) is 0 Å². The molecule has 0 rings (SSSR count). The van der Waals surface area contributed by atoms with Gasteiger partial charge >= 0.3 is 0 Å². The molecule has 0 radical (unpaired) electrons. The molecule has 0 aliphatic rings. The third-order valence-corrected chi connectivity index (χ3v) is 1.92. The van der Waals surface area contributed by atoms with E-state index in [0.29, 0.717) is 0 Å². The van der Waals surface area contributed by atoms with E-state index in [1.54, 1.807) is 0 Å². The van der Waals surface area contributed by atoms with E-state index in [9.17, 15) is 0 Å². The molecule has 1 unspecified atom stereocenters. The normalized spacial score (nSPS) is 13.8. The molecular formula is C9H22N2O. The van der Waals surface area contributed by atoms with Crippen molar-refractivity contribution in [1.29, 1.82) is 0 Å². The van der Waals surface area contributed by atoms with Gasteiger partial charge < -0.3 is 15.7 Å². The average molecular weight is 174 g/mol. The van der Waals surface area contributed by atoms with Gasteiger partial charge in [0.15, 0.2) is 0 Å². The number of aliphatic hydroxyl groups is 1. The average Bonchev–Trinajstić information content (AvgIpc) is 2.01. The van der Waals surface area contributed by atoms with Crippen LogP contribution in [-0.4, -0.2) is 42.8 Å². The van der Waals surface area contributed by atoms with Crippen LogP contribution < -0.4 is 5.73 Å². The first kappa shape index (κ1) is 11.9. The maximum absolute atomic E-state index is 9.03. The Morgan fingerprint density at radius 1 is 1.33 bits per heavy atom. The molecule has 3 heteroatoms. The van der Waals surface area contributed by atoms with Crippen molar-refractivity contribution in [2.75, 3.05) is 26.7 Å². The van der Waals surface area contributed by atoms with Crippen LogP contribution in [-0.2, 0) is 0 Å². The first-order chi connectivity index (χ1) is 5.66. The zero-order valence-corrected chi connectivity index (χ0v) is 8.29. The summed E-state index contributed by atoms with van der Waals surface area (Å²) in [6.45, 7) is 4.67. The fraction of sp³-hybridized carbons (Fsp3) is 1.00. The summed E-state index contributed by atoms with van der Waals surface area (Å²) in [5.41, 5.74) is 5.38. The van der Waals surface area contributed by atoms with E-state index in [0.717, 1.165) is 38.9 Å². The van der Waals surface area contributed by atoms with E-state index in [4.69, 9.17) is 10.8 Å². The maximum atomic E-state index is 9.03. The SMILES string of the molecule is CC(O)CCN(C)CCCCN. The molecule has 0 aliphatic carbocycles. The minimum atomic E-state index is -0.179. The second-order valence-electron chi connectivity index (χ2n) is 3.44. The van der Waals surface area contributed by atoms with Crippen LogP contribution in [0, 0.1) is 0 Å². The summed E-state index contributed by atoms with van der Waals surface area (Å²) < 4.78 is 0. The predicted molar refractivity (Wildman–Crippen MR) is 52.1 cm³/mol. The lowest BCUT2D eigenvalue weighted by atomic mass is 10.2. The topological polar surface area (TPSA) is 49.5 Å². The number of aliphatic hydroxyl groups excluding tert-OH is 1. The lowest BCUT2D eigenvalue weighted by molar-refractivity contribution is 0.164. The summed E-state index contributed by atoms with van der Waals surface area (Å²) in [6.07, 6.45) is 2.94. The number of hydrogen-bond acceptors (Lipinski definition) is 3. The summed E-state index contributed by atoms with van der Waals surface area (Å²) in [5.74, 6) is 0. The standard InChI is InChI=1S/C9H22N2O/c1-9(12)5-8-11(2)7-4-3-6-10/h9,12H,3-8,10H2,1-2H3. The van der Waals surface area contributed by atoms with Crippen molar-refractivity contribution in [3.05, 3.63) is 0 Å². The third-order valence-electron chi connectivity index (χ3n) is 1.92. The summed E-state index contributed by atoms with van der Waals surface area (Å²) in [7, 11) is 2.08. The van der Waals surface area contributed by atoms with Gasteiger partial charge in [-0.05, 0) is 46.3 Å². The Morgan fingerprint density at radius 3 is 2.50 bits per heavy atom. The predicted octanol–water partition coefficient (Wildman–Crippen LogP) is 0.428. The molecule has 1 atom stereocenters. The minimum absolute atomic E-state index is 0.179. The van der Waals surface area contributed by atoms with Crippen LogP contribution in [0.25, 0.3) is 0 Å². The molecule has 0 saturated heterocycles. The minimum Gasteiger partial charge on any atom is -0.393 e. The number of rotatable bonds is 7. The molecule has 0 fully saturated rings. The van der Waals surface area contributed by atoms with Gasteiger partial charge in [-0.1, -0.05) is 0 Å². The number of unbranched alkanes of at least 4 members (excludes halogenated alkanes) is 1. The molecular weight excluding hydrogens is 152 g/mol. The smallest absolute Gasteiger partial charge is 0.0524 e. The second-order valence-corrected chi connectivity index (χ2v) is 3.44. The highest BCUT2D eigenvalue weighted by Gasteiger charge is 2.00. The van der Waals surface area contributed by atoms with Crippen molar-refractivity contribution < 1.29 is 5.11 Å². The lowest BCUT2D eigenvalue weighted by Gasteiger charge is -2.16. The largest absolute Gasteiger partial charge is 0.393 e. The van der Waals surface area contributed by atoms with Crippen molar-refractivity contribution in [3.8, 4) is 0 Å². The summed E-state index contributed by atoms with van der Waals surface area (Å²) in [6, 6.07) is 0. The zero-order chi connectivity index (χ0) is 9.40. The molecule has 0 spiro atoms. The Bertz CT molecular complexity index is 96.5. The Labute approximate surface area is 75.6 Å². The highest BCUT2D eigenvalue weighted by molar-refractivity contribution is 4.55. The van der Waals surface area contributed by atoms with Crippen LogP contribution in [0.5, 0.6) is 0 Å². The van der Waals surface area contributed by atoms with Crippen LogP contribution in [0.1, 0.15) is 26.2 Å². The molecule has 0 bridgehead atoms.